The summed E-state index contributed by atoms with van der Waals surface area (Å²) in [6.45, 7) is 3.81. The molecule has 1 fully saturated rings. The lowest BCUT2D eigenvalue weighted by atomic mass is 9.98. The standard InChI is InChI=1S/C18H25NO3/c1-13-8-10-15(11-9-13)18(21)19-14(2)12-17(20)22-16-6-4-3-5-7-16/h8-11,14,16H,3-7,12H2,1-2H3,(H,19,21). The molecule has 1 amide bonds. The van der Waals surface area contributed by atoms with E-state index in [1.807, 2.05) is 26.0 Å². The van der Waals surface area contributed by atoms with Crippen LogP contribution in [0.2, 0.25) is 0 Å². The number of nitrogens with one attached hydrogen (secondary N) is 1. The number of hydrogen-bond acceptors (Lipinski definition) is 3. The maximum absolute atomic E-state index is 12.1. The van der Waals surface area contributed by atoms with Crippen molar-refractivity contribution in [3.05, 3.63) is 35.4 Å². The minimum Gasteiger partial charge on any atom is -0.462 e. The molecule has 1 N–H and O–H groups in total. The molecule has 0 saturated heterocycles. The van der Waals surface area contributed by atoms with Crippen molar-refractivity contribution in [2.45, 2.75) is 64.5 Å². The highest BCUT2D eigenvalue weighted by atomic mass is 16.5. The third-order valence-corrected chi connectivity index (χ3v) is 4.01. The predicted octanol–water partition coefficient (Wildman–Crippen LogP) is 3.38. The highest BCUT2D eigenvalue weighted by Gasteiger charge is 2.20. The van der Waals surface area contributed by atoms with E-state index in [-0.39, 0.29) is 30.4 Å². The van der Waals surface area contributed by atoms with Crippen LogP contribution in [0.4, 0.5) is 0 Å². The van der Waals surface area contributed by atoms with Gasteiger partial charge in [0.15, 0.2) is 0 Å². The molecule has 120 valence electrons. The van der Waals surface area contributed by atoms with E-state index in [2.05, 4.69) is 5.32 Å². The summed E-state index contributed by atoms with van der Waals surface area (Å²) in [4.78, 5) is 24.0. The maximum Gasteiger partial charge on any atom is 0.308 e. The number of rotatable bonds is 5. The second-order valence-electron chi connectivity index (χ2n) is 6.19. The zero-order valence-electron chi connectivity index (χ0n) is 13.4. The zero-order chi connectivity index (χ0) is 15.9. The van der Waals surface area contributed by atoms with Crippen LogP contribution in [0.25, 0.3) is 0 Å². The van der Waals surface area contributed by atoms with Crippen molar-refractivity contribution >= 4 is 11.9 Å². The summed E-state index contributed by atoms with van der Waals surface area (Å²) < 4.78 is 5.47. The SMILES string of the molecule is Cc1ccc(C(=O)NC(C)CC(=O)OC2CCCCC2)cc1. The molecule has 0 radical (unpaired) electrons. The number of ether oxygens (including phenoxy) is 1. The number of carbonyl (C=O) groups is 2. The van der Waals surface area contributed by atoms with Crippen molar-refractivity contribution in [1.29, 1.82) is 0 Å². The number of carbonyl (C=O) groups excluding carboxylic acids is 2. The van der Waals surface area contributed by atoms with Crippen LogP contribution in [0, 0.1) is 6.92 Å². The molecule has 0 bridgehead atoms. The first-order valence-electron chi connectivity index (χ1n) is 8.11. The molecule has 1 aromatic carbocycles. The summed E-state index contributed by atoms with van der Waals surface area (Å²) in [5.41, 5.74) is 1.72. The first-order chi connectivity index (χ1) is 10.5. The fourth-order valence-corrected chi connectivity index (χ4v) is 2.73. The van der Waals surface area contributed by atoms with E-state index in [0.29, 0.717) is 5.56 Å². The number of aryl methyl sites for hydroxylation is 1. The Morgan fingerprint density at radius 1 is 1.18 bits per heavy atom. The van der Waals surface area contributed by atoms with Gasteiger partial charge >= 0.3 is 5.97 Å². The zero-order valence-corrected chi connectivity index (χ0v) is 13.4. The van der Waals surface area contributed by atoms with Crippen LogP contribution in [-0.4, -0.2) is 24.0 Å². The van der Waals surface area contributed by atoms with Crippen LogP contribution in [0.3, 0.4) is 0 Å². The summed E-state index contributed by atoms with van der Waals surface area (Å²) >= 11 is 0. The summed E-state index contributed by atoms with van der Waals surface area (Å²) in [5, 5.41) is 2.84. The van der Waals surface area contributed by atoms with Crippen molar-refractivity contribution in [2.24, 2.45) is 0 Å². The molecule has 1 atom stereocenters. The first kappa shape index (κ1) is 16.5. The average molecular weight is 303 g/mol. The van der Waals surface area contributed by atoms with Gasteiger partial charge in [-0.05, 0) is 51.7 Å². The van der Waals surface area contributed by atoms with Crippen LogP contribution < -0.4 is 5.32 Å². The Kier molecular flexibility index (Phi) is 5.99. The van der Waals surface area contributed by atoms with Gasteiger partial charge in [-0.25, -0.2) is 0 Å². The van der Waals surface area contributed by atoms with E-state index < -0.39 is 0 Å². The molecule has 4 nitrogen and oxygen atoms in total. The third kappa shape index (κ3) is 5.17. The van der Waals surface area contributed by atoms with Crippen LogP contribution >= 0.6 is 0 Å². The molecular weight excluding hydrogens is 278 g/mol. The largest absolute Gasteiger partial charge is 0.462 e. The molecule has 0 spiro atoms. The summed E-state index contributed by atoms with van der Waals surface area (Å²) in [7, 11) is 0. The van der Waals surface area contributed by atoms with Gasteiger partial charge in [0.1, 0.15) is 6.10 Å². The normalized spacial score (nSPS) is 16.8. The molecule has 0 aliphatic heterocycles. The molecule has 1 unspecified atom stereocenters. The lowest BCUT2D eigenvalue weighted by Crippen LogP contribution is -2.35. The molecule has 2 rings (SSSR count). The Hall–Kier alpha value is -1.84. The van der Waals surface area contributed by atoms with Gasteiger partial charge in [0.2, 0.25) is 0 Å². The predicted molar refractivity (Wildman–Crippen MR) is 85.7 cm³/mol. The lowest BCUT2D eigenvalue weighted by molar-refractivity contribution is -0.150. The summed E-state index contributed by atoms with van der Waals surface area (Å²) in [5.74, 6) is -0.374. The van der Waals surface area contributed by atoms with Crippen molar-refractivity contribution in [3.63, 3.8) is 0 Å². The van der Waals surface area contributed by atoms with Crippen LogP contribution in [0.5, 0.6) is 0 Å². The Bertz CT molecular complexity index is 504. The van der Waals surface area contributed by atoms with Gasteiger partial charge in [-0.1, -0.05) is 24.1 Å². The highest BCUT2D eigenvalue weighted by Crippen LogP contribution is 2.20. The Balaban J connectivity index is 1.76. The van der Waals surface area contributed by atoms with E-state index in [1.54, 1.807) is 12.1 Å². The lowest BCUT2D eigenvalue weighted by Gasteiger charge is -2.22. The molecule has 22 heavy (non-hydrogen) atoms. The van der Waals surface area contributed by atoms with Crippen molar-refractivity contribution in [2.75, 3.05) is 0 Å². The Morgan fingerprint density at radius 3 is 2.45 bits per heavy atom. The summed E-state index contributed by atoms with van der Waals surface area (Å²) in [6.07, 6.45) is 5.73. The van der Waals surface area contributed by atoms with Gasteiger partial charge in [0, 0.05) is 11.6 Å². The van der Waals surface area contributed by atoms with Crippen molar-refractivity contribution in [1.82, 2.24) is 5.32 Å². The monoisotopic (exact) mass is 303 g/mol. The van der Waals surface area contributed by atoms with Gasteiger partial charge in [0.25, 0.3) is 5.91 Å². The second-order valence-corrected chi connectivity index (χ2v) is 6.19. The van der Waals surface area contributed by atoms with Crippen LogP contribution in [0.1, 0.15) is 61.4 Å². The second kappa shape index (κ2) is 7.97. The highest BCUT2D eigenvalue weighted by molar-refractivity contribution is 5.94. The fraction of sp³-hybridized carbons (Fsp3) is 0.556. The van der Waals surface area contributed by atoms with Crippen LogP contribution in [-0.2, 0) is 9.53 Å². The van der Waals surface area contributed by atoms with Crippen molar-refractivity contribution < 1.29 is 14.3 Å². The van der Waals surface area contributed by atoms with Gasteiger partial charge in [-0.2, -0.15) is 0 Å². The number of benzene rings is 1. The minimum atomic E-state index is -0.232. The quantitative estimate of drug-likeness (QED) is 0.848. The third-order valence-electron chi connectivity index (χ3n) is 4.01. The van der Waals surface area contributed by atoms with E-state index in [4.69, 9.17) is 4.74 Å². The summed E-state index contributed by atoms with van der Waals surface area (Å²) in [6, 6.07) is 7.15. The van der Waals surface area contributed by atoms with Gasteiger partial charge in [-0.3, -0.25) is 9.59 Å². The molecule has 4 heteroatoms. The Labute approximate surface area is 132 Å². The van der Waals surface area contributed by atoms with Crippen molar-refractivity contribution in [3.8, 4) is 0 Å². The molecule has 1 saturated carbocycles. The molecule has 1 aromatic rings. The van der Waals surface area contributed by atoms with Gasteiger partial charge < -0.3 is 10.1 Å². The van der Waals surface area contributed by atoms with E-state index in [0.717, 1.165) is 31.2 Å². The molecule has 1 aliphatic carbocycles. The van der Waals surface area contributed by atoms with Gasteiger partial charge in [0.05, 0.1) is 6.42 Å². The Morgan fingerprint density at radius 2 is 1.82 bits per heavy atom. The van der Waals surface area contributed by atoms with Gasteiger partial charge in [-0.15, -0.1) is 0 Å². The van der Waals surface area contributed by atoms with E-state index >= 15 is 0 Å². The molecular formula is C18H25NO3. The number of hydrogen-bond donors (Lipinski definition) is 1. The number of amides is 1. The smallest absolute Gasteiger partial charge is 0.308 e. The first-order valence-corrected chi connectivity index (χ1v) is 8.11. The molecule has 0 heterocycles. The fourth-order valence-electron chi connectivity index (χ4n) is 2.73. The van der Waals surface area contributed by atoms with E-state index in [1.165, 1.54) is 6.42 Å². The molecule has 0 aromatic heterocycles. The minimum absolute atomic E-state index is 0.0706. The van der Waals surface area contributed by atoms with Crippen LogP contribution in [0.15, 0.2) is 24.3 Å². The average Bonchev–Trinajstić information content (AvgIpc) is 2.48. The molecule has 1 aliphatic rings. The topological polar surface area (TPSA) is 55.4 Å². The number of esters is 1. The van der Waals surface area contributed by atoms with E-state index in [9.17, 15) is 9.59 Å². The maximum atomic E-state index is 12.1.